The Kier molecular flexibility index (Phi) is 9.90. The van der Waals surface area contributed by atoms with Crippen LogP contribution in [0.3, 0.4) is 0 Å². The highest BCUT2D eigenvalue weighted by Crippen LogP contribution is 2.14. The van der Waals surface area contributed by atoms with Crippen molar-refractivity contribution in [1.82, 2.24) is 10.6 Å². The summed E-state index contributed by atoms with van der Waals surface area (Å²) >= 11 is 1.79. The van der Waals surface area contributed by atoms with Crippen LogP contribution >= 0.6 is 11.3 Å². The molecule has 2 unspecified atom stereocenters. The molecule has 1 heterocycles. The lowest BCUT2D eigenvalue weighted by atomic mass is 10.1. The van der Waals surface area contributed by atoms with E-state index in [1.54, 1.807) is 11.3 Å². The van der Waals surface area contributed by atoms with Gasteiger partial charge in [0.1, 0.15) is 0 Å². The molecule has 2 rings (SSSR count). The molecule has 0 aliphatic rings. The van der Waals surface area contributed by atoms with E-state index in [2.05, 4.69) is 40.1 Å². The van der Waals surface area contributed by atoms with Gasteiger partial charge in [-0.25, -0.2) is 0 Å². The van der Waals surface area contributed by atoms with Gasteiger partial charge in [-0.1, -0.05) is 43.3 Å². The molecule has 0 aliphatic carbocycles. The third kappa shape index (κ3) is 9.04. The molecule has 148 valence electrons. The van der Waals surface area contributed by atoms with E-state index in [9.17, 15) is 5.11 Å². The van der Waals surface area contributed by atoms with E-state index in [-0.39, 0.29) is 6.61 Å². The van der Waals surface area contributed by atoms with Crippen LogP contribution in [-0.2, 0) is 17.8 Å². The number of rotatable bonds is 11. The van der Waals surface area contributed by atoms with Gasteiger partial charge in [-0.3, -0.25) is 4.99 Å². The Labute approximate surface area is 166 Å². The topological polar surface area (TPSA) is 65.9 Å². The molecule has 0 spiro atoms. The highest BCUT2D eigenvalue weighted by molar-refractivity contribution is 7.09. The summed E-state index contributed by atoms with van der Waals surface area (Å²) in [5.74, 6) is 1.20. The monoisotopic (exact) mass is 389 g/mol. The van der Waals surface area contributed by atoms with E-state index in [1.807, 2.05) is 37.3 Å². The standard InChI is InChI=1S/C21H31N3O2S/c1-3-22-21(23-13-17(2)12-20-10-7-11-27-20)24-14-19(25)16-26-15-18-8-5-4-6-9-18/h4-11,17,19,25H,3,12-16H2,1-2H3,(H2,22,23,24). The van der Waals surface area contributed by atoms with E-state index in [0.29, 0.717) is 19.1 Å². The van der Waals surface area contributed by atoms with Crippen molar-refractivity contribution in [2.45, 2.75) is 33.0 Å². The molecule has 2 atom stereocenters. The van der Waals surface area contributed by atoms with Crippen LogP contribution in [0.4, 0.5) is 0 Å². The maximum absolute atomic E-state index is 10.1. The van der Waals surface area contributed by atoms with Crippen molar-refractivity contribution < 1.29 is 9.84 Å². The predicted octanol–water partition coefficient (Wildman–Crippen LogP) is 3.06. The summed E-state index contributed by atoms with van der Waals surface area (Å²) in [5.41, 5.74) is 1.10. The van der Waals surface area contributed by atoms with Gasteiger partial charge in [0.25, 0.3) is 0 Å². The van der Waals surface area contributed by atoms with Crippen molar-refractivity contribution in [3.8, 4) is 0 Å². The average Bonchev–Trinajstić information content (AvgIpc) is 3.18. The van der Waals surface area contributed by atoms with Crippen LogP contribution in [-0.4, -0.2) is 43.4 Å². The summed E-state index contributed by atoms with van der Waals surface area (Å²) in [4.78, 5) is 6.03. The van der Waals surface area contributed by atoms with Crippen LogP contribution in [0, 0.1) is 5.92 Å². The van der Waals surface area contributed by atoms with Crippen molar-refractivity contribution in [1.29, 1.82) is 0 Å². The van der Waals surface area contributed by atoms with E-state index < -0.39 is 6.10 Å². The number of nitrogens with zero attached hydrogens (tertiary/aromatic N) is 1. The largest absolute Gasteiger partial charge is 0.389 e. The van der Waals surface area contributed by atoms with Crippen molar-refractivity contribution >= 4 is 17.3 Å². The number of ether oxygens (including phenoxy) is 1. The SMILES string of the molecule is CCNC(=NCC(C)Cc1cccs1)NCC(O)COCc1ccccc1. The van der Waals surface area contributed by atoms with Crippen molar-refractivity contribution in [3.63, 3.8) is 0 Å². The van der Waals surface area contributed by atoms with Gasteiger partial charge in [-0.15, -0.1) is 11.3 Å². The van der Waals surface area contributed by atoms with Crippen LogP contribution in [0.15, 0.2) is 52.8 Å². The van der Waals surface area contributed by atoms with Gasteiger partial charge in [0.2, 0.25) is 0 Å². The minimum absolute atomic E-state index is 0.288. The molecule has 27 heavy (non-hydrogen) atoms. The molecule has 0 radical (unpaired) electrons. The number of guanidine groups is 1. The van der Waals surface area contributed by atoms with Gasteiger partial charge in [-0.05, 0) is 36.3 Å². The third-order valence-electron chi connectivity index (χ3n) is 3.96. The lowest BCUT2D eigenvalue weighted by Gasteiger charge is -2.16. The normalized spacial score (nSPS) is 14.0. The average molecular weight is 390 g/mol. The Bertz CT molecular complexity index is 647. The Morgan fingerprint density at radius 3 is 2.70 bits per heavy atom. The first kappa shape index (κ1) is 21.4. The molecule has 6 heteroatoms. The molecule has 0 amide bonds. The van der Waals surface area contributed by atoms with Gasteiger partial charge in [0.15, 0.2) is 5.96 Å². The van der Waals surface area contributed by atoms with Gasteiger partial charge < -0.3 is 20.5 Å². The molecule has 0 saturated carbocycles. The van der Waals surface area contributed by atoms with E-state index in [1.165, 1.54) is 4.88 Å². The van der Waals surface area contributed by atoms with E-state index in [4.69, 9.17) is 4.74 Å². The Hall–Kier alpha value is -1.89. The molecule has 2 aromatic rings. The van der Waals surface area contributed by atoms with Gasteiger partial charge in [0.05, 0.1) is 19.3 Å². The zero-order chi connectivity index (χ0) is 19.3. The Balaban J connectivity index is 1.68. The number of benzene rings is 1. The minimum Gasteiger partial charge on any atom is -0.389 e. The predicted molar refractivity (Wildman–Crippen MR) is 113 cm³/mol. The first-order chi connectivity index (χ1) is 13.2. The molecule has 1 aromatic carbocycles. The first-order valence-corrected chi connectivity index (χ1v) is 10.4. The molecular weight excluding hydrogens is 358 g/mol. The second-order valence-corrected chi connectivity index (χ2v) is 7.68. The van der Waals surface area contributed by atoms with Crippen molar-refractivity contribution in [2.75, 3.05) is 26.2 Å². The maximum Gasteiger partial charge on any atom is 0.191 e. The quantitative estimate of drug-likeness (QED) is 0.408. The maximum atomic E-state index is 10.1. The number of thiophene rings is 1. The zero-order valence-electron chi connectivity index (χ0n) is 16.2. The Morgan fingerprint density at radius 2 is 2.00 bits per heavy atom. The molecule has 0 aliphatic heterocycles. The fourth-order valence-corrected chi connectivity index (χ4v) is 3.46. The smallest absolute Gasteiger partial charge is 0.191 e. The summed E-state index contributed by atoms with van der Waals surface area (Å²) in [6.07, 6.45) is 0.456. The van der Waals surface area contributed by atoms with Crippen LogP contribution in [0.1, 0.15) is 24.3 Å². The molecular formula is C21H31N3O2S. The molecule has 0 saturated heterocycles. The second-order valence-electron chi connectivity index (χ2n) is 6.64. The fourth-order valence-electron chi connectivity index (χ4n) is 2.59. The summed E-state index contributed by atoms with van der Waals surface area (Å²) < 4.78 is 5.58. The van der Waals surface area contributed by atoms with Crippen molar-refractivity contribution in [3.05, 3.63) is 58.3 Å². The van der Waals surface area contributed by atoms with Crippen molar-refractivity contribution in [2.24, 2.45) is 10.9 Å². The molecule has 0 fully saturated rings. The molecule has 5 nitrogen and oxygen atoms in total. The number of nitrogens with one attached hydrogen (secondary N) is 2. The summed E-state index contributed by atoms with van der Waals surface area (Å²) in [7, 11) is 0. The first-order valence-electron chi connectivity index (χ1n) is 9.51. The lowest BCUT2D eigenvalue weighted by Crippen LogP contribution is -2.42. The number of hydrogen-bond acceptors (Lipinski definition) is 4. The number of hydrogen-bond donors (Lipinski definition) is 3. The van der Waals surface area contributed by atoms with Gasteiger partial charge in [-0.2, -0.15) is 0 Å². The van der Waals surface area contributed by atoms with Gasteiger partial charge in [0, 0.05) is 24.5 Å². The van der Waals surface area contributed by atoms with E-state index >= 15 is 0 Å². The van der Waals surface area contributed by atoms with E-state index in [0.717, 1.165) is 31.0 Å². The zero-order valence-corrected chi connectivity index (χ0v) is 17.0. The molecule has 1 aromatic heterocycles. The number of aliphatic hydroxyl groups excluding tert-OH is 1. The lowest BCUT2D eigenvalue weighted by molar-refractivity contribution is 0.0308. The fraction of sp³-hybridized carbons (Fsp3) is 0.476. The van der Waals surface area contributed by atoms with Crippen LogP contribution in [0.25, 0.3) is 0 Å². The summed E-state index contributed by atoms with van der Waals surface area (Å²) in [6.45, 7) is 6.96. The van der Waals surface area contributed by atoms with Gasteiger partial charge >= 0.3 is 0 Å². The number of aliphatic imine (C=N–C) groups is 1. The molecule has 0 bridgehead atoms. The van der Waals surface area contributed by atoms with Crippen LogP contribution in [0.5, 0.6) is 0 Å². The van der Waals surface area contributed by atoms with Crippen LogP contribution < -0.4 is 10.6 Å². The molecule has 3 N–H and O–H groups in total. The van der Waals surface area contributed by atoms with Crippen LogP contribution in [0.2, 0.25) is 0 Å². The summed E-state index contributed by atoms with van der Waals surface area (Å²) in [6, 6.07) is 14.2. The Morgan fingerprint density at radius 1 is 1.19 bits per heavy atom. The second kappa shape index (κ2) is 12.5. The number of aliphatic hydroxyl groups is 1. The summed E-state index contributed by atoms with van der Waals surface area (Å²) in [5, 5.41) is 18.7. The highest BCUT2D eigenvalue weighted by Gasteiger charge is 2.08. The highest BCUT2D eigenvalue weighted by atomic mass is 32.1. The third-order valence-corrected chi connectivity index (χ3v) is 4.86. The minimum atomic E-state index is -0.582.